The normalized spacial score (nSPS) is 36.0. The molecule has 6 rings (SSSR count). The quantitative estimate of drug-likeness (QED) is 0.839. The van der Waals surface area contributed by atoms with Crippen LogP contribution >= 0.6 is 0 Å². The average molecular weight is 392 g/mol. The van der Waals surface area contributed by atoms with Crippen molar-refractivity contribution in [2.75, 3.05) is 5.32 Å². The third kappa shape index (κ3) is 2.76. The van der Waals surface area contributed by atoms with Crippen molar-refractivity contribution in [1.29, 1.82) is 0 Å². The first kappa shape index (κ1) is 17.7. The topological polar surface area (TPSA) is 81.1 Å². The lowest BCUT2D eigenvalue weighted by Crippen LogP contribution is -2.52. The first-order valence-corrected chi connectivity index (χ1v) is 12.0. The molecule has 1 aliphatic heterocycles. The minimum atomic E-state index is -3.15. The van der Waals surface area contributed by atoms with Gasteiger partial charge >= 0.3 is 0 Å². The van der Waals surface area contributed by atoms with Crippen LogP contribution in [0, 0.1) is 23.2 Å². The fourth-order valence-corrected chi connectivity index (χ4v) is 7.98. The molecule has 4 bridgehead atoms. The van der Waals surface area contributed by atoms with Crippen LogP contribution in [0.4, 0.5) is 5.82 Å². The fraction of sp³-hybridized carbons (Fsp3) is 0.800. The molecule has 27 heavy (non-hydrogen) atoms. The molecule has 6 nitrogen and oxygen atoms in total. The Balaban J connectivity index is 1.50. The lowest BCUT2D eigenvalue weighted by molar-refractivity contribution is -0.140. The van der Waals surface area contributed by atoms with Crippen molar-refractivity contribution >= 4 is 21.6 Å². The number of hydrogen-bond acceptors (Lipinski definition) is 4. The third-order valence-electron chi connectivity index (χ3n) is 7.17. The van der Waals surface area contributed by atoms with Crippen molar-refractivity contribution in [1.82, 2.24) is 9.78 Å². The van der Waals surface area contributed by atoms with E-state index in [1.807, 2.05) is 25.5 Å². The summed E-state index contributed by atoms with van der Waals surface area (Å²) in [5.74, 6) is 2.75. The number of nitrogens with zero attached hydrogens (tertiary/aromatic N) is 2. The molecule has 0 atom stereocenters. The van der Waals surface area contributed by atoms with Gasteiger partial charge < -0.3 is 5.32 Å². The van der Waals surface area contributed by atoms with Gasteiger partial charge in [0, 0.05) is 5.56 Å². The van der Waals surface area contributed by atoms with Gasteiger partial charge in [0.1, 0.15) is 5.82 Å². The van der Waals surface area contributed by atoms with Crippen LogP contribution in [0.1, 0.15) is 70.6 Å². The van der Waals surface area contributed by atoms with Crippen LogP contribution in [0.25, 0.3) is 0 Å². The number of carbonyl (C=O) groups excluding carboxylic acids is 1. The Labute approximate surface area is 161 Å². The summed E-state index contributed by atoms with van der Waals surface area (Å²) in [6, 6.07) is 0. The fourth-order valence-electron chi connectivity index (χ4n) is 6.49. The Bertz CT molecular complexity index is 888. The highest BCUT2D eigenvalue weighted by atomic mass is 32.2. The van der Waals surface area contributed by atoms with Crippen molar-refractivity contribution in [3.63, 3.8) is 0 Å². The van der Waals surface area contributed by atoms with Crippen LogP contribution in [-0.2, 0) is 31.7 Å². The highest BCUT2D eigenvalue weighted by Crippen LogP contribution is 2.60. The van der Waals surface area contributed by atoms with Crippen molar-refractivity contribution < 1.29 is 13.2 Å². The Kier molecular flexibility index (Phi) is 3.52. The molecule has 0 aromatic carbocycles. The summed E-state index contributed by atoms with van der Waals surface area (Å²) < 4.78 is 26.0. The number of sulfone groups is 1. The van der Waals surface area contributed by atoms with Crippen molar-refractivity contribution in [3.8, 4) is 0 Å². The first-order valence-electron chi connectivity index (χ1n) is 10.2. The van der Waals surface area contributed by atoms with E-state index in [4.69, 9.17) is 0 Å². The van der Waals surface area contributed by atoms with E-state index in [1.54, 1.807) is 0 Å². The molecule has 4 saturated carbocycles. The molecule has 2 heterocycles. The predicted octanol–water partition coefficient (Wildman–Crippen LogP) is 3.22. The van der Waals surface area contributed by atoms with Gasteiger partial charge in [-0.1, -0.05) is 0 Å². The van der Waals surface area contributed by atoms with E-state index in [2.05, 4.69) is 10.4 Å². The molecule has 148 valence electrons. The Morgan fingerprint density at radius 1 is 1.07 bits per heavy atom. The maximum atomic E-state index is 13.5. The standard InChI is InChI=1S/C20H29N3O3S/c1-19(2,3)23-17(15-10-27(25,26)11-16(15)22-23)21-18(24)20-7-12-4-13(8-20)6-14(5-12)9-20/h12-14H,4-11H2,1-3H3,(H,21,24). The van der Waals surface area contributed by atoms with Crippen LogP contribution in [0.15, 0.2) is 0 Å². The second kappa shape index (κ2) is 5.37. The molecule has 0 radical (unpaired) electrons. The maximum Gasteiger partial charge on any atom is 0.231 e. The number of anilines is 1. The molecule has 1 amide bonds. The number of amides is 1. The van der Waals surface area contributed by atoms with E-state index < -0.39 is 9.84 Å². The molecule has 7 heteroatoms. The maximum absolute atomic E-state index is 13.5. The van der Waals surface area contributed by atoms with Gasteiger partial charge in [0.25, 0.3) is 0 Å². The van der Waals surface area contributed by atoms with Gasteiger partial charge in [-0.3, -0.25) is 4.79 Å². The highest BCUT2D eigenvalue weighted by Gasteiger charge is 2.55. The predicted molar refractivity (Wildman–Crippen MR) is 103 cm³/mol. The smallest absolute Gasteiger partial charge is 0.231 e. The van der Waals surface area contributed by atoms with Gasteiger partial charge in [0.2, 0.25) is 5.91 Å². The zero-order valence-electron chi connectivity index (χ0n) is 16.4. The number of rotatable bonds is 2. The lowest BCUT2D eigenvalue weighted by Gasteiger charge is -2.55. The summed E-state index contributed by atoms with van der Waals surface area (Å²) in [4.78, 5) is 13.5. The molecule has 5 aliphatic rings. The van der Waals surface area contributed by atoms with Gasteiger partial charge in [-0.25, -0.2) is 13.1 Å². The van der Waals surface area contributed by atoms with Crippen LogP contribution < -0.4 is 5.32 Å². The average Bonchev–Trinajstić information content (AvgIpc) is 2.98. The summed E-state index contributed by atoms with van der Waals surface area (Å²) in [7, 11) is -3.15. The zero-order chi connectivity index (χ0) is 19.2. The van der Waals surface area contributed by atoms with Crippen molar-refractivity contribution in [2.24, 2.45) is 23.2 Å². The molecule has 0 unspecified atom stereocenters. The summed E-state index contributed by atoms with van der Waals surface area (Å²) in [5.41, 5.74) is 0.721. The Hall–Kier alpha value is -1.37. The van der Waals surface area contributed by atoms with Gasteiger partial charge in [0.05, 0.1) is 28.2 Å². The molecular formula is C20H29N3O3S. The molecule has 4 aliphatic carbocycles. The van der Waals surface area contributed by atoms with E-state index in [1.165, 1.54) is 19.3 Å². The molecule has 0 saturated heterocycles. The SMILES string of the molecule is CC(C)(C)n1nc2c(c1NC(=O)C13CC4CC(CC(C4)C1)C3)CS(=O)(=O)C2. The number of fused-ring (bicyclic) bond motifs is 1. The third-order valence-corrected chi connectivity index (χ3v) is 8.62. The number of aromatic nitrogens is 2. The van der Waals surface area contributed by atoms with Crippen LogP contribution in [-0.4, -0.2) is 24.1 Å². The summed E-state index contributed by atoms with van der Waals surface area (Å²) in [6.07, 6.45) is 6.86. The molecule has 4 fully saturated rings. The minimum Gasteiger partial charge on any atom is -0.310 e. The Morgan fingerprint density at radius 3 is 2.15 bits per heavy atom. The van der Waals surface area contributed by atoms with E-state index in [9.17, 15) is 13.2 Å². The first-order chi connectivity index (χ1) is 12.5. The molecule has 1 aromatic heterocycles. The van der Waals surface area contributed by atoms with Crippen molar-refractivity contribution in [2.45, 2.75) is 76.3 Å². The Morgan fingerprint density at radius 2 is 1.63 bits per heavy atom. The van der Waals surface area contributed by atoms with E-state index in [-0.39, 0.29) is 28.4 Å². The minimum absolute atomic E-state index is 0.0189. The summed E-state index contributed by atoms with van der Waals surface area (Å²) in [5, 5.41) is 7.77. The monoisotopic (exact) mass is 391 g/mol. The molecular weight excluding hydrogens is 362 g/mol. The highest BCUT2D eigenvalue weighted by molar-refractivity contribution is 7.90. The van der Waals surface area contributed by atoms with Gasteiger partial charge in [0.15, 0.2) is 9.84 Å². The zero-order valence-corrected chi connectivity index (χ0v) is 17.2. The number of hydrogen-bond donors (Lipinski definition) is 1. The van der Waals surface area contributed by atoms with Crippen LogP contribution in [0.5, 0.6) is 0 Å². The lowest BCUT2D eigenvalue weighted by atomic mass is 9.49. The largest absolute Gasteiger partial charge is 0.310 e. The summed E-state index contributed by atoms with van der Waals surface area (Å²) in [6.45, 7) is 6.10. The van der Waals surface area contributed by atoms with Crippen LogP contribution in [0.2, 0.25) is 0 Å². The second-order valence-corrected chi connectivity index (χ2v) is 12.6. The molecule has 0 spiro atoms. The summed E-state index contributed by atoms with van der Waals surface area (Å²) >= 11 is 0. The van der Waals surface area contributed by atoms with E-state index in [0.717, 1.165) is 19.3 Å². The molecule has 1 aromatic rings. The molecule has 1 N–H and O–H groups in total. The second-order valence-electron chi connectivity index (χ2n) is 10.5. The number of carbonyl (C=O) groups is 1. The van der Waals surface area contributed by atoms with Gasteiger partial charge in [-0.15, -0.1) is 0 Å². The van der Waals surface area contributed by atoms with Gasteiger partial charge in [-0.2, -0.15) is 5.10 Å². The van der Waals surface area contributed by atoms with E-state index >= 15 is 0 Å². The number of nitrogens with one attached hydrogen (secondary N) is 1. The van der Waals surface area contributed by atoms with E-state index in [0.29, 0.717) is 34.8 Å². The van der Waals surface area contributed by atoms with Crippen molar-refractivity contribution in [3.05, 3.63) is 11.3 Å². The van der Waals surface area contributed by atoms with Gasteiger partial charge in [-0.05, 0) is 77.0 Å². The van der Waals surface area contributed by atoms with Crippen LogP contribution in [0.3, 0.4) is 0 Å².